The van der Waals surface area contributed by atoms with Crippen molar-refractivity contribution in [1.29, 1.82) is 0 Å². The fourth-order valence-corrected chi connectivity index (χ4v) is 4.54. The van der Waals surface area contributed by atoms with Crippen LogP contribution >= 0.6 is 23.8 Å². The smallest absolute Gasteiger partial charge is 0.192 e. The van der Waals surface area contributed by atoms with E-state index in [0.29, 0.717) is 33.2 Å². The second-order valence-electron chi connectivity index (χ2n) is 8.39. The quantitative estimate of drug-likeness (QED) is 0.220. The number of aliphatic imine (C=N–C) groups is 2. The minimum absolute atomic E-state index is 0.488. The Balaban J connectivity index is 1.72. The lowest BCUT2D eigenvalue weighted by molar-refractivity contribution is 0.414. The first-order chi connectivity index (χ1) is 19.0. The Labute approximate surface area is 237 Å². The number of ether oxygens (including phenoxy) is 3. The summed E-state index contributed by atoms with van der Waals surface area (Å²) >= 11 is 12.3. The van der Waals surface area contributed by atoms with Gasteiger partial charge in [0.2, 0.25) is 0 Å². The van der Waals surface area contributed by atoms with Crippen LogP contribution < -0.4 is 24.0 Å². The van der Waals surface area contributed by atoms with Crippen LogP contribution in [-0.2, 0) is 0 Å². The molecule has 9 heteroatoms. The molecule has 196 valence electrons. The number of nitrogens with zero attached hydrogens (tertiary/aromatic N) is 4. The van der Waals surface area contributed by atoms with Gasteiger partial charge in [0.25, 0.3) is 0 Å². The van der Waals surface area contributed by atoms with Crippen LogP contribution in [-0.4, -0.2) is 38.1 Å². The van der Waals surface area contributed by atoms with Gasteiger partial charge in [0.1, 0.15) is 17.2 Å². The molecule has 0 aliphatic carbocycles. The minimum atomic E-state index is 0.488. The summed E-state index contributed by atoms with van der Waals surface area (Å²) in [6.07, 6.45) is 0. The predicted molar refractivity (Wildman–Crippen MR) is 162 cm³/mol. The fraction of sp³-hybridized carbons (Fsp3) is 0.100. The molecular formula is C30H25ClN4O3S. The number of amidine groups is 2. The van der Waals surface area contributed by atoms with Gasteiger partial charge in [-0.3, -0.25) is 9.80 Å². The Morgan fingerprint density at radius 1 is 0.538 bits per heavy atom. The third kappa shape index (κ3) is 5.57. The van der Waals surface area contributed by atoms with E-state index in [1.165, 1.54) is 0 Å². The zero-order chi connectivity index (χ0) is 27.4. The second kappa shape index (κ2) is 11.6. The first kappa shape index (κ1) is 26.2. The maximum Gasteiger partial charge on any atom is 0.192 e. The highest BCUT2D eigenvalue weighted by atomic mass is 35.5. The van der Waals surface area contributed by atoms with Crippen molar-refractivity contribution >= 4 is 63.4 Å². The van der Waals surface area contributed by atoms with Crippen LogP contribution in [0.4, 0.5) is 22.7 Å². The number of anilines is 2. The van der Waals surface area contributed by atoms with E-state index in [1.54, 1.807) is 21.3 Å². The van der Waals surface area contributed by atoms with Crippen molar-refractivity contribution in [3.8, 4) is 17.2 Å². The molecule has 0 atom stereocenters. The number of rotatable bonds is 7. The van der Waals surface area contributed by atoms with Crippen LogP contribution in [0, 0.1) is 0 Å². The van der Waals surface area contributed by atoms with E-state index in [-0.39, 0.29) is 0 Å². The predicted octanol–water partition coefficient (Wildman–Crippen LogP) is 7.44. The van der Waals surface area contributed by atoms with E-state index in [4.69, 9.17) is 48.0 Å². The molecule has 4 aromatic carbocycles. The molecule has 0 aromatic heterocycles. The lowest BCUT2D eigenvalue weighted by Gasteiger charge is -2.20. The van der Waals surface area contributed by atoms with Gasteiger partial charge < -0.3 is 14.2 Å². The van der Waals surface area contributed by atoms with Crippen LogP contribution in [0.1, 0.15) is 0 Å². The molecule has 0 saturated carbocycles. The molecule has 0 spiro atoms. The van der Waals surface area contributed by atoms with E-state index in [0.717, 1.165) is 28.6 Å². The molecule has 0 unspecified atom stereocenters. The van der Waals surface area contributed by atoms with Crippen molar-refractivity contribution < 1.29 is 14.2 Å². The summed E-state index contributed by atoms with van der Waals surface area (Å²) in [4.78, 5) is 13.9. The molecule has 1 aliphatic rings. The van der Waals surface area contributed by atoms with Gasteiger partial charge in [-0.2, -0.15) is 0 Å². The van der Waals surface area contributed by atoms with Gasteiger partial charge in [0.05, 0.1) is 44.1 Å². The SMILES string of the molecule is COc1ccc(N=C2C(=Nc3ccc(OC)cc3)N(c3ccc(OC)cc3)C(=S)N2c2ccc(Cl)cc2)cc1. The molecule has 1 aliphatic heterocycles. The second-order valence-corrected chi connectivity index (χ2v) is 9.20. The minimum Gasteiger partial charge on any atom is -0.497 e. The van der Waals surface area contributed by atoms with E-state index in [2.05, 4.69) is 0 Å². The third-order valence-electron chi connectivity index (χ3n) is 6.04. The average molecular weight is 557 g/mol. The zero-order valence-corrected chi connectivity index (χ0v) is 23.1. The Kier molecular flexibility index (Phi) is 7.76. The van der Waals surface area contributed by atoms with Crippen LogP contribution in [0.3, 0.4) is 0 Å². The van der Waals surface area contributed by atoms with Gasteiger partial charge in [0, 0.05) is 5.02 Å². The maximum absolute atomic E-state index is 6.21. The maximum atomic E-state index is 6.21. The largest absolute Gasteiger partial charge is 0.497 e. The molecule has 39 heavy (non-hydrogen) atoms. The normalized spacial score (nSPS) is 15.2. The molecule has 0 N–H and O–H groups in total. The molecule has 0 amide bonds. The molecule has 7 nitrogen and oxygen atoms in total. The van der Waals surface area contributed by atoms with E-state index >= 15 is 0 Å². The third-order valence-corrected chi connectivity index (χ3v) is 6.65. The standard InChI is InChI=1S/C30H25ClN4O3S/c1-36-25-14-6-21(7-15-25)32-28-29(33-22-8-16-26(37-2)17-9-22)35(24-12-18-27(38-3)19-13-24)30(39)34(28)23-10-4-20(31)5-11-23/h4-19H,1-3H3. The monoisotopic (exact) mass is 556 g/mol. The first-order valence-electron chi connectivity index (χ1n) is 12.0. The number of methoxy groups -OCH3 is 3. The molecule has 4 aromatic rings. The summed E-state index contributed by atoms with van der Waals surface area (Å²) in [5, 5.41) is 1.11. The molecule has 0 bridgehead atoms. The molecule has 5 rings (SSSR count). The van der Waals surface area contributed by atoms with Gasteiger partial charge in [-0.05, 0) is 109 Å². The summed E-state index contributed by atoms with van der Waals surface area (Å²) in [5.74, 6) is 3.32. The van der Waals surface area contributed by atoms with Gasteiger partial charge in [-0.1, -0.05) is 11.6 Å². The lowest BCUT2D eigenvalue weighted by atomic mass is 10.2. The van der Waals surface area contributed by atoms with Crippen molar-refractivity contribution in [2.75, 3.05) is 31.1 Å². The summed E-state index contributed by atoms with van der Waals surface area (Å²) in [7, 11) is 4.89. The highest BCUT2D eigenvalue weighted by Gasteiger charge is 2.40. The van der Waals surface area contributed by atoms with Gasteiger partial charge in [-0.15, -0.1) is 0 Å². The van der Waals surface area contributed by atoms with Crippen molar-refractivity contribution in [2.24, 2.45) is 9.98 Å². The number of thiocarbonyl (C=S) groups is 1. The molecular weight excluding hydrogens is 532 g/mol. The zero-order valence-electron chi connectivity index (χ0n) is 21.5. The summed E-state index contributed by atoms with van der Waals surface area (Å²) in [5.41, 5.74) is 3.04. The van der Waals surface area contributed by atoms with Gasteiger partial charge in [0.15, 0.2) is 16.8 Å². The Morgan fingerprint density at radius 3 is 1.23 bits per heavy atom. The van der Waals surface area contributed by atoms with Gasteiger partial charge in [-0.25, -0.2) is 9.98 Å². The highest BCUT2D eigenvalue weighted by Crippen LogP contribution is 2.33. The number of benzene rings is 4. The molecule has 1 fully saturated rings. The fourth-order valence-electron chi connectivity index (χ4n) is 4.03. The number of halogens is 1. The van der Waals surface area contributed by atoms with Crippen LogP contribution in [0.2, 0.25) is 5.02 Å². The lowest BCUT2D eigenvalue weighted by Crippen LogP contribution is -2.33. The first-order valence-corrected chi connectivity index (χ1v) is 12.8. The summed E-state index contributed by atoms with van der Waals surface area (Å²) in [6, 6.07) is 30.1. The molecule has 1 heterocycles. The number of hydrogen-bond donors (Lipinski definition) is 0. The van der Waals surface area contributed by atoms with Crippen LogP contribution in [0.15, 0.2) is 107 Å². The van der Waals surface area contributed by atoms with E-state index in [9.17, 15) is 0 Å². The van der Waals surface area contributed by atoms with Crippen LogP contribution in [0.5, 0.6) is 17.2 Å². The van der Waals surface area contributed by atoms with Crippen LogP contribution in [0.25, 0.3) is 0 Å². The Morgan fingerprint density at radius 2 is 0.872 bits per heavy atom. The highest BCUT2D eigenvalue weighted by molar-refractivity contribution is 7.81. The van der Waals surface area contributed by atoms with Crippen molar-refractivity contribution in [3.05, 3.63) is 102 Å². The molecule has 1 saturated heterocycles. The number of hydrogen-bond acceptors (Lipinski definition) is 6. The van der Waals surface area contributed by atoms with Crippen molar-refractivity contribution in [2.45, 2.75) is 0 Å². The Bertz CT molecular complexity index is 1520. The summed E-state index contributed by atoms with van der Waals surface area (Å²) < 4.78 is 16.0. The molecule has 0 radical (unpaired) electrons. The average Bonchev–Trinajstić information content (AvgIpc) is 3.24. The van der Waals surface area contributed by atoms with Crippen molar-refractivity contribution in [1.82, 2.24) is 0 Å². The van der Waals surface area contributed by atoms with E-state index in [1.807, 2.05) is 107 Å². The summed E-state index contributed by atoms with van der Waals surface area (Å²) in [6.45, 7) is 0. The van der Waals surface area contributed by atoms with Crippen molar-refractivity contribution in [3.63, 3.8) is 0 Å². The topological polar surface area (TPSA) is 58.9 Å². The Hall–Kier alpha value is -4.40. The van der Waals surface area contributed by atoms with E-state index < -0.39 is 0 Å². The van der Waals surface area contributed by atoms with Gasteiger partial charge >= 0.3 is 0 Å².